The van der Waals surface area contributed by atoms with Gasteiger partial charge in [-0.05, 0) is 11.8 Å². The number of aromatic nitrogens is 1. The zero-order valence-corrected chi connectivity index (χ0v) is 10.3. The molecule has 1 heterocycles. The van der Waals surface area contributed by atoms with Crippen LogP contribution in [0, 0.1) is 0 Å². The highest BCUT2D eigenvalue weighted by molar-refractivity contribution is 8.00. The van der Waals surface area contributed by atoms with E-state index in [0.717, 1.165) is 11.3 Å². The number of nitrogens with zero attached hydrogens (tertiary/aromatic N) is 1. The summed E-state index contributed by atoms with van der Waals surface area (Å²) >= 11 is 0.572. The minimum Gasteiger partial charge on any atom is -0.476 e. The van der Waals surface area contributed by atoms with Crippen molar-refractivity contribution in [3.63, 3.8) is 0 Å². The van der Waals surface area contributed by atoms with E-state index in [0.29, 0.717) is 5.01 Å². The van der Waals surface area contributed by atoms with E-state index in [4.69, 9.17) is 5.11 Å². The highest BCUT2D eigenvalue weighted by atomic mass is 32.2. The summed E-state index contributed by atoms with van der Waals surface area (Å²) in [5.74, 6) is -2.72. The Bertz CT molecular complexity index is 447. The maximum Gasteiger partial charge on any atom is 0.442 e. The number of thiazole rings is 1. The van der Waals surface area contributed by atoms with Gasteiger partial charge in [0.15, 0.2) is 5.69 Å². The largest absolute Gasteiger partial charge is 0.476 e. The average Bonchev–Trinajstić information content (AvgIpc) is 2.71. The highest BCUT2D eigenvalue weighted by Gasteiger charge is 2.29. The van der Waals surface area contributed by atoms with E-state index in [1.807, 2.05) is 0 Å². The number of carbonyl (C=O) groups excluding carboxylic acids is 1. The third kappa shape index (κ3) is 5.36. The molecular formula is C8H7F3N2O3S2. The number of alkyl halides is 3. The summed E-state index contributed by atoms with van der Waals surface area (Å²) in [6, 6.07) is 0. The van der Waals surface area contributed by atoms with Gasteiger partial charge in [0.2, 0.25) is 5.91 Å². The van der Waals surface area contributed by atoms with E-state index >= 15 is 0 Å². The molecule has 1 amide bonds. The van der Waals surface area contributed by atoms with Crippen molar-refractivity contribution in [2.45, 2.75) is 12.1 Å². The second-order valence-electron chi connectivity index (χ2n) is 2.94. The summed E-state index contributed by atoms with van der Waals surface area (Å²) < 4.78 is 35.3. The molecule has 0 aliphatic rings. The van der Waals surface area contributed by atoms with Gasteiger partial charge in [-0.25, -0.2) is 9.78 Å². The van der Waals surface area contributed by atoms with E-state index in [2.05, 4.69) is 10.3 Å². The lowest BCUT2D eigenvalue weighted by atomic mass is 10.5. The topological polar surface area (TPSA) is 79.3 Å². The van der Waals surface area contributed by atoms with Gasteiger partial charge in [-0.2, -0.15) is 13.2 Å². The average molecular weight is 300 g/mol. The molecule has 0 aromatic carbocycles. The summed E-state index contributed by atoms with van der Waals surface area (Å²) in [4.78, 5) is 25.2. The first-order chi connectivity index (χ1) is 8.28. The van der Waals surface area contributed by atoms with Crippen LogP contribution >= 0.6 is 23.1 Å². The number of hydrogen-bond acceptors (Lipinski definition) is 5. The first-order valence-corrected chi connectivity index (χ1v) is 6.29. The molecule has 0 atom stereocenters. The Morgan fingerprint density at radius 1 is 1.50 bits per heavy atom. The summed E-state index contributed by atoms with van der Waals surface area (Å²) in [6.07, 6.45) is 0. The minimum absolute atomic E-state index is 0.0881. The fraction of sp³-hybridized carbons (Fsp3) is 0.375. The predicted molar refractivity (Wildman–Crippen MR) is 59.4 cm³/mol. The second kappa shape index (κ2) is 6.05. The number of halogens is 3. The zero-order chi connectivity index (χ0) is 13.8. The molecule has 0 saturated carbocycles. The number of rotatable bonds is 5. The molecule has 0 saturated heterocycles. The van der Waals surface area contributed by atoms with Gasteiger partial charge in [0.25, 0.3) is 0 Å². The number of hydrogen-bond donors (Lipinski definition) is 2. The van der Waals surface area contributed by atoms with Crippen LogP contribution in [0.1, 0.15) is 15.5 Å². The van der Waals surface area contributed by atoms with Gasteiger partial charge in [-0.15, -0.1) is 11.3 Å². The Morgan fingerprint density at radius 2 is 2.17 bits per heavy atom. The van der Waals surface area contributed by atoms with Crippen LogP contribution in [0.3, 0.4) is 0 Å². The Hall–Kier alpha value is -1.29. The van der Waals surface area contributed by atoms with Crippen LogP contribution in [0.2, 0.25) is 0 Å². The number of carboxylic acid groups (broad SMARTS) is 1. The maximum absolute atomic E-state index is 11.8. The molecule has 0 aliphatic carbocycles. The standard InChI is InChI=1S/C8H7F3N2O3S2/c9-8(10,11)18-3-5(14)12-1-6-13-4(2-17-6)7(15)16/h2H,1,3H2,(H,12,14)(H,15,16). The number of aromatic carboxylic acids is 1. The zero-order valence-electron chi connectivity index (χ0n) is 8.65. The molecule has 0 spiro atoms. The maximum atomic E-state index is 11.8. The lowest BCUT2D eigenvalue weighted by Gasteiger charge is -2.05. The third-order valence-corrected chi connectivity index (χ3v) is 3.16. The molecule has 18 heavy (non-hydrogen) atoms. The lowest BCUT2D eigenvalue weighted by Crippen LogP contribution is -2.25. The molecule has 0 aliphatic heterocycles. The fourth-order valence-corrected chi connectivity index (χ4v) is 1.97. The van der Waals surface area contributed by atoms with Crippen molar-refractivity contribution in [3.05, 3.63) is 16.1 Å². The quantitative estimate of drug-likeness (QED) is 0.865. The number of carbonyl (C=O) groups is 2. The fourth-order valence-electron chi connectivity index (χ4n) is 0.863. The molecule has 1 aromatic heterocycles. The van der Waals surface area contributed by atoms with Gasteiger partial charge in [0.05, 0.1) is 12.3 Å². The van der Waals surface area contributed by atoms with Gasteiger partial charge in [-0.1, -0.05) is 0 Å². The molecule has 10 heteroatoms. The van der Waals surface area contributed by atoms with Gasteiger partial charge in [-0.3, -0.25) is 4.79 Å². The summed E-state index contributed by atoms with van der Waals surface area (Å²) in [5, 5.41) is 12.4. The van der Waals surface area contributed by atoms with E-state index in [1.54, 1.807) is 0 Å². The molecule has 1 aromatic rings. The SMILES string of the molecule is O=C(CSC(F)(F)F)NCc1nc(C(=O)O)cs1. The van der Waals surface area contributed by atoms with Crippen LogP contribution in [0.15, 0.2) is 5.38 Å². The van der Waals surface area contributed by atoms with Crippen molar-refractivity contribution in [1.29, 1.82) is 0 Å². The van der Waals surface area contributed by atoms with Crippen molar-refractivity contribution in [3.8, 4) is 0 Å². The molecule has 1 rings (SSSR count). The van der Waals surface area contributed by atoms with Crippen LogP contribution < -0.4 is 5.32 Å². The molecular weight excluding hydrogens is 293 g/mol. The number of carboxylic acids is 1. The van der Waals surface area contributed by atoms with E-state index in [-0.39, 0.29) is 12.2 Å². The number of nitrogens with one attached hydrogen (secondary N) is 1. The van der Waals surface area contributed by atoms with Crippen molar-refractivity contribution in [1.82, 2.24) is 10.3 Å². The normalized spacial score (nSPS) is 11.3. The van der Waals surface area contributed by atoms with Gasteiger partial charge < -0.3 is 10.4 Å². The highest BCUT2D eigenvalue weighted by Crippen LogP contribution is 2.29. The van der Waals surface area contributed by atoms with Crippen molar-refractivity contribution in [2.75, 3.05) is 5.75 Å². The van der Waals surface area contributed by atoms with Gasteiger partial charge in [0.1, 0.15) is 5.01 Å². The van der Waals surface area contributed by atoms with Crippen LogP contribution in [-0.2, 0) is 11.3 Å². The molecule has 5 nitrogen and oxygen atoms in total. The predicted octanol–water partition coefficient (Wildman–Crippen LogP) is 1.71. The number of thioether (sulfide) groups is 1. The first-order valence-electron chi connectivity index (χ1n) is 4.43. The molecule has 0 fully saturated rings. The van der Waals surface area contributed by atoms with Gasteiger partial charge in [0, 0.05) is 5.38 Å². The minimum atomic E-state index is -4.45. The Morgan fingerprint density at radius 3 is 2.67 bits per heavy atom. The monoisotopic (exact) mass is 300 g/mol. The molecule has 0 radical (unpaired) electrons. The summed E-state index contributed by atoms with van der Waals surface area (Å²) in [6.45, 7) is -0.0881. The Kier molecular flexibility index (Phi) is 4.96. The molecule has 2 N–H and O–H groups in total. The lowest BCUT2D eigenvalue weighted by molar-refractivity contribution is -0.119. The van der Waals surface area contributed by atoms with Crippen molar-refractivity contribution >= 4 is 35.0 Å². The summed E-state index contributed by atoms with van der Waals surface area (Å²) in [7, 11) is 0. The van der Waals surface area contributed by atoms with Crippen LogP contribution in [0.4, 0.5) is 13.2 Å². The Balaban J connectivity index is 2.36. The molecule has 0 bridgehead atoms. The van der Waals surface area contributed by atoms with Crippen LogP contribution in [-0.4, -0.2) is 33.2 Å². The second-order valence-corrected chi connectivity index (χ2v) is 4.93. The summed E-state index contributed by atoms with van der Waals surface area (Å²) in [5.41, 5.74) is -4.61. The first kappa shape index (κ1) is 14.8. The van der Waals surface area contributed by atoms with E-state index in [9.17, 15) is 22.8 Å². The van der Waals surface area contributed by atoms with E-state index in [1.165, 1.54) is 5.38 Å². The van der Waals surface area contributed by atoms with Crippen LogP contribution in [0.5, 0.6) is 0 Å². The van der Waals surface area contributed by atoms with Gasteiger partial charge >= 0.3 is 11.5 Å². The van der Waals surface area contributed by atoms with E-state index < -0.39 is 34.9 Å². The van der Waals surface area contributed by atoms with Crippen LogP contribution in [0.25, 0.3) is 0 Å². The smallest absolute Gasteiger partial charge is 0.442 e. The third-order valence-electron chi connectivity index (χ3n) is 1.57. The molecule has 0 unspecified atom stereocenters. The number of amides is 1. The molecule has 100 valence electrons. The Labute approximate surface area is 107 Å². The van der Waals surface area contributed by atoms with Crippen molar-refractivity contribution < 1.29 is 27.9 Å². The van der Waals surface area contributed by atoms with Crippen molar-refractivity contribution in [2.24, 2.45) is 0 Å².